The number of rotatable bonds is 5. The lowest BCUT2D eigenvalue weighted by molar-refractivity contribution is -0.0260. The van der Waals surface area contributed by atoms with Gasteiger partial charge in [0, 0.05) is 18.6 Å². The molecule has 0 radical (unpaired) electrons. The van der Waals surface area contributed by atoms with Crippen molar-refractivity contribution in [2.45, 2.75) is 64.1 Å². The lowest BCUT2D eigenvalue weighted by Gasteiger charge is -2.39. The fourth-order valence-corrected chi connectivity index (χ4v) is 2.62. The molecule has 1 atom stereocenters. The van der Waals surface area contributed by atoms with E-state index in [4.69, 9.17) is 0 Å². The van der Waals surface area contributed by atoms with Crippen molar-refractivity contribution in [3.05, 3.63) is 0 Å². The molecule has 1 saturated carbocycles. The van der Waals surface area contributed by atoms with Crippen molar-refractivity contribution in [3.8, 4) is 0 Å². The van der Waals surface area contributed by atoms with E-state index in [9.17, 15) is 5.11 Å². The SMILES string of the molecule is CNC1CCC(N(C)CC(C)(O)C(C)C)CC1. The standard InChI is InChI=1S/C14H30N2O/c1-11(2)14(3,17)10-16(5)13-8-6-12(15-4)7-9-13/h11-13,15,17H,6-10H2,1-5H3. The molecular formula is C14H30N2O. The highest BCUT2D eigenvalue weighted by atomic mass is 16.3. The highest BCUT2D eigenvalue weighted by molar-refractivity contribution is 4.86. The Morgan fingerprint density at radius 2 is 1.82 bits per heavy atom. The monoisotopic (exact) mass is 242 g/mol. The molecule has 0 amide bonds. The maximum atomic E-state index is 10.3. The Labute approximate surface area is 107 Å². The smallest absolute Gasteiger partial charge is 0.0768 e. The van der Waals surface area contributed by atoms with E-state index in [0.717, 1.165) is 6.54 Å². The first-order valence-electron chi connectivity index (χ1n) is 6.96. The third-order valence-electron chi connectivity index (χ3n) is 4.54. The molecule has 0 aliphatic heterocycles. The Hall–Kier alpha value is -0.120. The number of aliphatic hydroxyl groups is 1. The van der Waals surface area contributed by atoms with Crippen LogP contribution in [0.2, 0.25) is 0 Å². The predicted molar refractivity (Wildman–Crippen MR) is 73.2 cm³/mol. The van der Waals surface area contributed by atoms with Crippen LogP contribution >= 0.6 is 0 Å². The van der Waals surface area contributed by atoms with E-state index in [2.05, 4.69) is 38.2 Å². The molecular weight excluding hydrogens is 212 g/mol. The first kappa shape index (κ1) is 14.9. The van der Waals surface area contributed by atoms with Gasteiger partial charge in [-0.3, -0.25) is 0 Å². The molecule has 1 unspecified atom stereocenters. The van der Waals surface area contributed by atoms with Crippen LogP contribution in [0.3, 0.4) is 0 Å². The molecule has 17 heavy (non-hydrogen) atoms. The average Bonchev–Trinajstić information content (AvgIpc) is 2.28. The van der Waals surface area contributed by atoms with E-state index in [1.165, 1.54) is 25.7 Å². The van der Waals surface area contributed by atoms with Crippen LogP contribution in [0.25, 0.3) is 0 Å². The average molecular weight is 242 g/mol. The van der Waals surface area contributed by atoms with Crippen molar-refractivity contribution >= 4 is 0 Å². The number of likely N-dealkylation sites (N-methyl/N-ethyl adjacent to an activating group) is 1. The van der Waals surface area contributed by atoms with E-state index >= 15 is 0 Å². The molecule has 0 saturated heterocycles. The molecule has 1 rings (SSSR count). The Bertz CT molecular complexity index is 220. The zero-order chi connectivity index (χ0) is 13.1. The topological polar surface area (TPSA) is 35.5 Å². The third kappa shape index (κ3) is 4.23. The summed E-state index contributed by atoms with van der Waals surface area (Å²) < 4.78 is 0. The second-order valence-corrected chi connectivity index (χ2v) is 6.22. The fourth-order valence-electron chi connectivity index (χ4n) is 2.62. The van der Waals surface area contributed by atoms with E-state index in [-0.39, 0.29) is 0 Å². The molecule has 0 aromatic heterocycles. The molecule has 1 fully saturated rings. The normalized spacial score (nSPS) is 29.6. The van der Waals surface area contributed by atoms with Gasteiger partial charge in [0.15, 0.2) is 0 Å². The summed E-state index contributed by atoms with van der Waals surface area (Å²) in [6, 6.07) is 1.34. The highest BCUT2D eigenvalue weighted by Crippen LogP contribution is 2.25. The summed E-state index contributed by atoms with van der Waals surface area (Å²) in [5, 5.41) is 13.7. The lowest BCUT2D eigenvalue weighted by Crippen LogP contribution is -2.48. The van der Waals surface area contributed by atoms with Crippen LogP contribution in [0.5, 0.6) is 0 Å². The Morgan fingerprint density at radius 1 is 1.29 bits per heavy atom. The number of nitrogens with one attached hydrogen (secondary N) is 1. The van der Waals surface area contributed by atoms with Crippen molar-refractivity contribution in [2.75, 3.05) is 20.6 Å². The molecule has 0 spiro atoms. The number of hydrogen-bond donors (Lipinski definition) is 2. The molecule has 0 bridgehead atoms. The van der Waals surface area contributed by atoms with Gasteiger partial charge < -0.3 is 15.3 Å². The van der Waals surface area contributed by atoms with Crippen molar-refractivity contribution < 1.29 is 5.11 Å². The van der Waals surface area contributed by atoms with Gasteiger partial charge in [-0.1, -0.05) is 13.8 Å². The minimum Gasteiger partial charge on any atom is -0.389 e. The van der Waals surface area contributed by atoms with Crippen LogP contribution in [0.4, 0.5) is 0 Å². The zero-order valence-corrected chi connectivity index (χ0v) is 12.2. The molecule has 102 valence electrons. The molecule has 3 heteroatoms. The van der Waals surface area contributed by atoms with Gasteiger partial charge in [0.2, 0.25) is 0 Å². The van der Waals surface area contributed by atoms with Crippen molar-refractivity contribution in [3.63, 3.8) is 0 Å². The van der Waals surface area contributed by atoms with E-state index < -0.39 is 5.60 Å². The van der Waals surface area contributed by atoms with Gasteiger partial charge in [-0.2, -0.15) is 0 Å². The summed E-state index contributed by atoms with van der Waals surface area (Å²) in [5.41, 5.74) is -0.575. The van der Waals surface area contributed by atoms with Gasteiger partial charge in [0.1, 0.15) is 0 Å². The van der Waals surface area contributed by atoms with Gasteiger partial charge in [-0.05, 0) is 52.6 Å². The van der Waals surface area contributed by atoms with Crippen LogP contribution in [0, 0.1) is 5.92 Å². The number of nitrogens with zero attached hydrogens (tertiary/aromatic N) is 1. The first-order chi connectivity index (χ1) is 7.86. The van der Waals surface area contributed by atoms with Gasteiger partial charge in [0.25, 0.3) is 0 Å². The summed E-state index contributed by atoms with van der Waals surface area (Å²) in [4.78, 5) is 2.35. The van der Waals surface area contributed by atoms with Crippen LogP contribution in [0.1, 0.15) is 46.5 Å². The first-order valence-corrected chi connectivity index (χ1v) is 6.96. The summed E-state index contributed by atoms with van der Waals surface area (Å²) in [5.74, 6) is 0.304. The van der Waals surface area contributed by atoms with E-state index in [1.807, 2.05) is 6.92 Å². The van der Waals surface area contributed by atoms with Crippen molar-refractivity contribution in [1.29, 1.82) is 0 Å². The largest absolute Gasteiger partial charge is 0.389 e. The third-order valence-corrected chi connectivity index (χ3v) is 4.54. The minimum atomic E-state index is -0.575. The highest BCUT2D eigenvalue weighted by Gasteiger charge is 2.30. The maximum Gasteiger partial charge on any atom is 0.0768 e. The van der Waals surface area contributed by atoms with E-state index in [1.54, 1.807) is 0 Å². The molecule has 3 nitrogen and oxygen atoms in total. The van der Waals surface area contributed by atoms with Crippen molar-refractivity contribution in [2.24, 2.45) is 5.92 Å². The van der Waals surface area contributed by atoms with E-state index in [0.29, 0.717) is 18.0 Å². The summed E-state index contributed by atoms with van der Waals surface area (Å²) in [6.07, 6.45) is 5.01. The molecule has 0 aromatic carbocycles. The van der Waals surface area contributed by atoms with Crippen LogP contribution in [0.15, 0.2) is 0 Å². The van der Waals surface area contributed by atoms with Crippen LogP contribution < -0.4 is 5.32 Å². The Balaban J connectivity index is 2.41. The minimum absolute atomic E-state index is 0.304. The summed E-state index contributed by atoms with van der Waals surface area (Å²) in [6.45, 7) is 6.91. The second-order valence-electron chi connectivity index (χ2n) is 6.22. The van der Waals surface area contributed by atoms with Gasteiger partial charge >= 0.3 is 0 Å². The summed E-state index contributed by atoms with van der Waals surface area (Å²) in [7, 11) is 4.21. The lowest BCUT2D eigenvalue weighted by atomic mass is 9.87. The Morgan fingerprint density at radius 3 is 2.24 bits per heavy atom. The number of hydrogen-bond acceptors (Lipinski definition) is 3. The molecule has 0 aromatic rings. The second kappa shape index (κ2) is 6.17. The zero-order valence-electron chi connectivity index (χ0n) is 12.2. The Kier molecular flexibility index (Phi) is 5.42. The predicted octanol–water partition coefficient (Wildman–Crippen LogP) is 1.86. The quantitative estimate of drug-likeness (QED) is 0.772. The summed E-state index contributed by atoms with van der Waals surface area (Å²) >= 11 is 0. The molecule has 0 heterocycles. The molecule has 1 aliphatic rings. The van der Waals surface area contributed by atoms with Gasteiger partial charge in [-0.25, -0.2) is 0 Å². The molecule has 2 N–H and O–H groups in total. The van der Waals surface area contributed by atoms with Gasteiger partial charge in [-0.15, -0.1) is 0 Å². The molecule has 1 aliphatic carbocycles. The van der Waals surface area contributed by atoms with Gasteiger partial charge in [0.05, 0.1) is 5.60 Å². The van der Waals surface area contributed by atoms with Crippen LogP contribution in [-0.2, 0) is 0 Å². The van der Waals surface area contributed by atoms with Crippen molar-refractivity contribution in [1.82, 2.24) is 10.2 Å². The fraction of sp³-hybridized carbons (Fsp3) is 1.00. The maximum absolute atomic E-state index is 10.3. The van der Waals surface area contributed by atoms with Crippen LogP contribution in [-0.4, -0.2) is 48.3 Å².